The van der Waals surface area contributed by atoms with Crippen molar-refractivity contribution in [1.29, 1.82) is 0 Å². The number of aliphatic hydroxyl groups is 1. The molecule has 88 valence electrons. The SMILES string of the molecule is CC(NCC1CCCC1O)c1ccncc1. The molecule has 0 radical (unpaired) electrons. The third-order valence-electron chi connectivity index (χ3n) is 3.51. The Morgan fingerprint density at radius 1 is 1.44 bits per heavy atom. The van der Waals surface area contributed by atoms with Crippen molar-refractivity contribution in [3.63, 3.8) is 0 Å². The molecule has 1 aromatic rings. The molecule has 0 amide bonds. The number of rotatable bonds is 4. The minimum Gasteiger partial charge on any atom is -0.393 e. The predicted molar refractivity (Wildman–Crippen MR) is 64.0 cm³/mol. The van der Waals surface area contributed by atoms with Crippen molar-refractivity contribution in [3.05, 3.63) is 30.1 Å². The molecule has 3 unspecified atom stereocenters. The molecule has 0 spiro atoms. The predicted octanol–water partition coefficient (Wildman–Crippen LogP) is 1.89. The summed E-state index contributed by atoms with van der Waals surface area (Å²) in [5.41, 5.74) is 1.25. The quantitative estimate of drug-likeness (QED) is 0.814. The summed E-state index contributed by atoms with van der Waals surface area (Å²) in [4.78, 5) is 4.01. The van der Waals surface area contributed by atoms with Crippen LogP contribution in [-0.2, 0) is 0 Å². The van der Waals surface area contributed by atoms with Gasteiger partial charge in [-0.25, -0.2) is 0 Å². The van der Waals surface area contributed by atoms with Crippen LogP contribution in [0.1, 0.15) is 37.8 Å². The summed E-state index contributed by atoms with van der Waals surface area (Å²) in [5, 5.41) is 13.2. The van der Waals surface area contributed by atoms with Crippen LogP contribution in [0.15, 0.2) is 24.5 Å². The summed E-state index contributed by atoms with van der Waals surface area (Å²) in [6.45, 7) is 3.06. The molecule has 3 atom stereocenters. The highest BCUT2D eigenvalue weighted by molar-refractivity contribution is 5.13. The molecular formula is C13H20N2O. The van der Waals surface area contributed by atoms with Gasteiger partial charge in [-0.15, -0.1) is 0 Å². The molecule has 16 heavy (non-hydrogen) atoms. The Kier molecular flexibility index (Phi) is 3.91. The molecule has 0 bridgehead atoms. The Morgan fingerprint density at radius 2 is 2.19 bits per heavy atom. The van der Waals surface area contributed by atoms with E-state index in [1.807, 2.05) is 24.5 Å². The van der Waals surface area contributed by atoms with E-state index in [9.17, 15) is 5.11 Å². The number of hydrogen-bond donors (Lipinski definition) is 2. The maximum absolute atomic E-state index is 9.72. The molecule has 1 aliphatic rings. The lowest BCUT2D eigenvalue weighted by Crippen LogP contribution is -2.29. The molecule has 0 aromatic carbocycles. The summed E-state index contributed by atoms with van der Waals surface area (Å²) in [7, 11) is 0. The van der Waals surface area contributed by atoms with Crippen molar-refractivity contribution >= 4 is 0 Å². The zero-order valence-electron chi connectivity index (χ0n) is 9.76. The van der Waals surface area contributed by atoms with Gasteiger partial charge in [0, 0.05) is 25.0 Å². The van der Waals surface area contributed by atoms with E-state index in [2.05, 4.69) is 17.2 Å². The number of aromatic nitrogens is 1. The molecule has 2 rings (SSSR count). The van der Waals surface area contributed by atoms with Crippen LogP contribution in [0.2, 0.25) is 0 Å². The molecule has 1 aliphatic carbocycles. The van der Waals surface area contributed by atoms with Crippen molar-refractivity contribution in [3.8, 4) is 0 Å². The first-order valence-electron chi connectivity index (χ1n) is 6.08. The minimum atomic E-state index is -0.0999. The lowest BCUT2D eigenvalue weighted by molar-refractivity contribution is 0.130. The summed E-state index contributed by atoms with van der Waals surface area (Å²) in [6.07, 6.45) is 6.82. The molecule has 0 saturated heterocycles. The third-order valence-corrected chi connectivity index (χ3v) is 3.51. The second-order valence-electron chi connectivity index (χ2n) is 4.67. The average Bonchev–Trinajstić information content (AvgIpc) is 2.73. The second kappa shape index (κ2) is 5.41. The van der Waals surface area contributed by atoms with Gasteiger partial charge in [0.2, 0.25) is 0 Å². The van der Waals surface area contributed by atoms with Gasteiger partial charge in [0.25, 0.3) is 0 Å². The minimum absolute atomic E-state index is 0.0999. The van der Waals surface area contributed by atoms with Crippen LogP contribution in [-0.4, -0.2) is 22.7 Å². The van der Waals surface area contributed by atoms with Gasteiger partial charge in [0.05, 0.1) is 6.10 Å². The fourth-order valence-electron chi connectivity index (χ4n) is 2.35. The lowest BCUT2D eigenvalue weighted by Gasteiger charge is -2.19. The van der Waals surface area contributed by atoms with Crippen LogP contribution in [0, 0.1) is 5.92 Å². The van der Waals surface area contributed by atoms with Gasteiger partial charge in [0.1, 0.15) is 0 Å². The first kappa shape index (κ1) is 11.6. The normalized spacial score (nSPS) is 26.9. The van der Waals surface area contributed by atoms with Gasteiger partial charge in [-0.05, 0) is 43.4 Å². The zero-order valence-corrected chi connectivity index (χ0v) is 9.76. The number of nitrogens with one attached hydrogen (secondary N) is 1. The van der Waals surface area contributed by atoms with E-state index in [4.69, 9.17) is 0 Å². The Hall–Kier alpha value is -0.930. The second-order valence-corrected chi connectivity index (χ2v) is 4.67. The molecule has 3 heteroatoms. The van der Waals surface area contributed by atoms with Crippen LogP contribution >= 0.6 is 0 Å². The van der Waals surface area contributed by atoms with Crippen molar-refractivity contribution in [2.75, 3.05) is 6.54 Å². The van der Waals surface area contributed by atoms with Gasteiger partial charge in [0.15, 0.2) is 0 Å². The fourth-order valence-corrected chi connectivity index (χ4v) is 2.35. The maximum Gasteiger partial charge on any atom is 0.0580 e. The molecule has 3 nitrogen and oxygen atoms in total. The van der Waals surface area contributed by atoms with Crippen LogP contribution < -0.4 is 5.32 Å². The summed E-state index contributed by atoms with van der Waals surface area (Å²) in [5.74, 6) is 0.435. The van der Waals surface area contributed by atoms with E-state index < -0.39 is 0 Å². The van der Waals surface area contributed by atoms with E-state index in [1.54, 1.807) is 0 Å². The molecular weight excluding hydrogens is 200 g/mol. The molecule has 1 heterocycles. The zero-order chi connectivity index (χ0) is 11.4. The highest BCUT2D eigenvalue weighted by Crippen LogP contribution is 2.25. The lowest BCUT2D eigenvalue weighted by atomic mass is 10.0. The highest BCUT2D eigenvalue weighted by atomic mass is 16.3. The Morgan fingerprint density at radius 3 is 2.81 bits per heavy atom. The van der Waals surface area contributed by atoms with Gasteiger partial charge >= 0.3 is 0 Å². The molecule has 1 saturated carbocycles. The average molecular weight is 220 g/mol. The van der Waals surface area contributed by atoms with Crippen LogP contribution in [0.4, 0.5) is 0 Å². The smallest absolute Gasteiger partial charge is 0.0580 e. The summed E-state index contributed by atoms with van der Waals surface area (Å²) in [6, 6.07) is 4.39. The van der Waals surface area contributed by atoms with Crippen molar-refractivity contribution in [2.45, 2.75) is 38.3 Å². The highest BCUT2D eigenvalue weighted by Gasteiger charge is 2.25. The van der Waals surface area contributed by atoms with Crippen LogP contribution in [0.5, 0.6) is 0 Å². The van der Waals surface area contributed by atoms with E-state index >= 15 is 0 Å². The largest absolute Gasteiger partial charge is 0.393 e. The van der Waals surface area contributed by atoms with Gasteiger partial charge < -0.3 is 10.4 Å². The molecule has 1 fully saturated rings. The van der Waals surface area contributed by atoms with Gasteiger partial charge in [-0.3, -0.25) is 4.98 Å². The first-order valence-corrected chi connectivity index (χ1v) is 6.08. The van der Waals surface area contributed by atoms with Crippen LogP contribution in [0.25, 0.3) is 0 Å². The van der Waals surface area contributed by atoms with Gasteiger partial charge in [-0.2, -0.15) is 0 Å². The molecule has 1 aromatic heterocycles. The fraction of sp³-hybridized carbons (Fsp3) is 0.615. The maximum atomic E-state index is 9.72. The topological polar surface area (TPSA) is 45.1 Å². The van der Waals surface area contributed by atoms with E-state index in [1.165, 1.54) is 5.56 Å². The monoisotopic (exact) mass is 220 g/mol. The summed E-state index contributed by atoms with van der Waals surface area (Å²) < 4.78 is 0. The van der Waals surface area contributed by atoms with Crippen molar-refractivity contribution in [2.24, 2.45) is 5.92 Å². The number of pyridine rings is 1. The van der Waals surface area contributed by atoms with E-state index in [0.717, 1.165) is 25.8 Å². The third kappa shape index (κ3) is 2.80. The van der Waals surface area contributed by atoms with Crippen molar-refractivity contribution < 1.29 is 5.11 Å². The van der Waals surface area contributed by atoms with E-state index in [-0.39, 0.29) is 6.10 Å². The van der Waals surface area contributed by atoms with E-state index in [0.29, 0.717) is 12.0 Å². The van der Waals surface area contributed by atoms with Crippen molar-refractivity contribution in [1.82, 2.24) is 10.3 Å². The summed E-state index contributed by atoms with van der Waals surface area (Å²) >= 11 is 0. The van der Waals surface area contributed by atoms with Gasteiger partial charge in [-0.1, -0.05) is 6.42 Å². The molecule has 0 aliphatic heterocycles. The number of hydrogen-bond acceptors (Lipinski definition) is 3. The Labute approximate surface area is 96.9 Å². The first-order chi connectivity index (χ1) is 7.77. The number of nitrogens with zero attached hydrogens (tertiary/aromatic N) is 1. The Bertz CT molecular complexity index is 315. The molecule has 2 N–H and O–H groups in total. The standard InChI is InChI=1S/C13H20N2O/c1-10(11-5-7-14-8-6-11)15-9-12-3-2-4-13(12)16/h5-8,10,12-13,15-16H,2-4,9H2,1H3. The van der Waals surface area contributed by atoms with Crippen LogP contribution in [0.3, 0.4) is 0 Å². The number of aliphatic hydroxyl groups excluding tert-OH is 1. The Balaban J connectivity index is 1.82.